The molecule has 0 radical (unpaired) electrons. The molecule has 0 unspecified atom stereocenters. The lowest BCUT2D eigenvalue weighted by Crippen LogP contribution is -2.34. The molecule has 0 fully saturated rings. The van der Waals surface area contributed by atoms with Crippen molar-refractivity contribution in [3.05, 3.63) is 66.2 Å². The molecule has 2 nitrogen and oxygen atoms in total. The van der Waals surface area contributed by atoms with Crippen molar-refractivity contribution >= 4 is 17.7 Å². The van der Waals surface area contributed by atoms with E-state index in [1.165, 1.54) is 0 Å². The smallest absolute Gasteiger partial charge is 0.240 e. The molecule has 2 aromatic rings. The van der Waals surface area contributed by atoms with E-state index in [4.69, 9.17) is 0 Å². The fraction of sp³-hybridized carbons (Fsp3) is 0.350. The van der Waals surface area contributed by atoms with Gasteiger partial charge in [-0.2, -0.15) is 0 Å². The lowest BCUT2D eigenvalue weighted by molar-refractivity contribution is -0.130. The van der Waals surface area contributed by atoms with Crippen molar-refractivity contribution in [2.45, 2.75) is 36.8 Å². The molecule has 0 heterocycles. The summed E-state index contributed by atoms with van der Waals surface area (Å²) in [6.07, 6.45) is 2.16. The molecule has 0 aliphatic heterocycles. The lowest BCUT2D eigenvalue weighted by atomic mass is 10.1. The van der Waals surface area contributed by atoms with Gasteiger partial charge in [0, 0.05) is 18.0 Å². The minimum absolute atomic E-state index is 0.185. The van der Waals surface area contributed by atoms with Gasteiger partial charge in [-0.25, -0.2) is 0 Å². The Morgan fingerprint density at radius 3 is 2.17 bits per heavy atom. The van der Waals surface area contributed by atoms with Gasteiger partial charge in [-0.3, -0.25) is 4.79 Å². The maximum absolute atomic E-state index is 13.1. The van der Waals surface area contributed by atoms with Crippen molar-refractivity contribution in [1.82, 2.24) is 4.90 Å². The molecule has 0 aliphatic carbocycles. The summed E-state index contributed by atoms with van der Waals surface area (Å²) in [5.41, 5.74) is 1.07. The maximum Gasteiger partial charge on any atom is 0.240 e. The largest absolute Gasteiger partial charge is 0.342 e. The van der Waals surface area contributed by atoms with Crippen molar-refractivity contribution < 1.29 is 4.79 Å². The van der Waals surface area contributed by atoms with Crippen LogP contribution < -0.4 is 0 Å². The molecule has 2 aromatic carbocycles. The Morgan fingerprint density at radius 1 is 1.00 bits per heavy atom. The minimum atomic E-state index is -0.185. The molecule has 0 N–H and O–H groups in total. The predicted octanol–water partition coefficient (Wildman–Crippen LogP) is 5.17. The summed E-state index contributed by atoms with van der Waals surface area (Å²) in [5, 5.41) is -0.185. The van der Waals surface area contributed by atoms with E-state index in [2.05, 4.69) is 26.0 Å². The number of likely N-dealkylation sites (N-methyl/N-ethyl adjacent to an activating group) is 1. The van der Waals surface area contributed by atoms with Gasteiger partial charge in [-0.05, 0) is 31.0 Å². The van der Waals surface area contributed by atoms with Crippen LogP contribution in [0.5, 0.6) is 0 Å². The third-order valence-electron chi connectivity index (χ3n) is 3.80. The topological polar surface area (TPSA) is 20.3 Å². The third kappa shape index (κ3) is 5.14. The molecule has 3 heteroatoms. The first-order valence-electron chi connectivity index (χ1n) is 8.31. The molecule has 0 aliphatic rings. The Kier molecular flexibility index (Phi) is 7.21. The van der Waals surface area contributed by atoms with Crippen LogP contribution in [0.4, 0.5) is 0 Å². The zero-order valence-corrected chi connectivity index (χ0v) is 14.8. The average molecular weight is 327 g/mol. The van der Waals surface area contributed by atoms with Crippen LogP contribution in [0.3, 0.4) is 0 Å². The van der Waals surface area contributed by atoms with Gasteiger partial charge in [0.15, 0.2) is 0 Å². The SMILES string of the molecule is CCCCN(CC)C(=O)[C@@H](Sc1ccccc1)c1ccccc1. The number of carbonyl (C=O) groups excluding carboxylic acids is 1. The van der Waals surface area contributed by atoms with Crippen LogP contribution >= 0.6 is 11.8 Å². The van der Waals surface area contributed by atoms with Gasteiger partial charge in [0.1, 0.15) is 5.25 Å². The average Bonchev–Trinajstić information content (AvgIpc) is 2.62. The van der Waals surface area contributed by atoms with Gasteiger partial charge in [0.2, 0.25) is 5.91 Å². The highest BCUT2D eigenvalue weighted by Gasteiger charge is 2.25. The molecular formula is C20H25NOS. The van der Waals surface area contributed by atoms with Crippen LogP contribution in [0, 0.1) is 0 Å². The number of amides is 1. The van der Waals surface area contributed by atoms with Gasteiger partial charge < -0.3 is 4.90 Å². The fourth-order valence-corrected chi connectivity index (χ4v) is 3.59. The quantitative estimate of drug-likeness (QED) is 0.624. The van der Waals surface area contributed by atoms with Crippen LogP contribution in [0.1, 0.15) is 37.5 Å². The number of carbonyl (C=O) groups is 1. The van der Waals surface area contributed by atoms with Gasteiger partial charge in [-0.15, -0.1) is 11.8 Å². The van der Waals surface area contributed by atoms with Crippen molar-refractivity contribution in [3.8, 4) is 0 Å². The Labute approximate surface area is 143 Å². The number of rotatable bonds is 8. The van der Waals surface area contributed by atoms with Crippen LogP contribution in [-0.4, -0.2) is 23.9 Å². The molecule has 0 aromatic heterocycles. The second kappa shape index (κ2) is 9.41. The number of nitrogens with zero attached hydrogens (tertiary/aromatic N) is 1. The second-order valence-corrected chi connectivity index (χ2v) is 6.67. The molecule has 0 saturated heterocycles. The highest BCUT2D eigenvalue weighted by atomic mass is 32.2. The van der Waals surface area contributed by atoms with E-state index in [1.807, 2.05) is 53.4 Å². The van der Waals surface area contributed by atoms with E-state index in [-0.39, 0.29) is 11.2 Å². The Balaban J connectivity index is 2.24. The zero-order valence-electron chi connectivity index (χ0n) is 13.9. The number of hydrogen-bond donors (Lipinski definition) is 0. The van der Waals surface area contributed by atoms with Gasteiger partial charge in [-0.1, -0.05) is 61.9 Å². The van der Waals surface area contributed by atoms with Crippen LogP contribution in [0.15, 0.2) is 65.6 Å². The lowest BCUT2D eigenvalue weighted by Gasteiger charge is -2.26. The maximum atomic E-state index is 13.1. The second-order valence-electron chi connectivity index (χ2n) is 5.49. The molecule has 2 rings (SSSR count). The first-order chi connectivity index (χ1) is 11.3. The standard InChI is InChI=1S/C20H25NOS/c1-3-5-16-21(4-2)20(22)19(17-12-8-6-9-13-17)23-18-14-10-7-11-15-18/h6-15,19H,3-5,16H2,1-2H3/t19-/m0/s1. The summed E-state index contributed by atoms with van der Waals surface area (Å²) in [4.78, 5) is 16.2. The van der Waals surface area contributed by atoms with Gasteiger partial charge in [0.05, 0.1) is 0 Å². The molecular weight excluding hydrogens is 302 g/mol. The van der Waals surface area contributed by atoms with E-state index >= 15 is 0 Å². The summed E-state index contributed by atoms with van der Waals surface area (Å²) >= 11 is 1.64. The van der Waals surface area contributed by atoms with E-state index < -0.39 is 0 Å². The Morgan fingerprint density at radius 2 is 1.61 bits per heavy atom. The summed E-state index contributed by atoms with van der Waals surface area (Å²) < 4.78 is 0. The molecule has 0 saturated carbocycles. The van der Waals surface area contributed by atoms with E-state index in [1.54, 1.807) is 11.8 Å². The first kappa shape index (κ1) is 17.6. The molecule has 23 heavy (non-hydrogen) atoms. The van der Waals surface area contributed by atoms with Crippen LogP contribution in [0.2, 0.25) is 0 Å². The number of thioether (sulfide) groups is 1. The number of unbranched alkanes of at least 4 members (excludes halogenated alkanes) is 1. The summed E-state index contributed by atoms with van der Waals surface area (Å²) in [7, 11) is 0. The summed E-state index contributed by atoms with van der Waals surface area (Å²) in [6.45, 7) is 5.82. The monoisotopic (exact) mass is 327 g/mol. The van der Waals surface area contributed by atoms with Crippen LogP contribution in [0.25, 0.3) is 0 Å². The normalized spacial score (nSPS) is 11.9. The zero-order chi connectivity index (χ0) is 16.5. The highest BCUT2D eigenvalue weighted by Crippen LogP contribution is 2.36. The van der Waals surface area contributed by atoms with Crippen LogP contribution in [-0.2, 0) is 4.79 Å². The van der Waals surface area contributed by atoms with Crippen molar-refractivity contribution in [1.29, 1.82) is 0 Å². The Hall–Kier alpha value is -1.74. The first-order valence-corrected chi connectivity index (χ1v) is 9.19. The predicted molar refractivity (Wildman–Crippen MR) is 98.6 cm³/mol. The summed E-state index contributed by atoms with van der Waals surface area (Å²) in [5.74, 6) is 0.209. The fourth-order valence-electron chi connectivity index (χ4n) is 2.46. The van der Waals surface area contributed by atoms with E-state index in [0.717, 1.165) is 36.4 Å². The minimum Gasteiger partial charge on any atom is -0.342 e. The molecule has 122 valence electrons. The molecule has 0 bridgehead atoms. The molecule has 1 amide bonds. The molecule has 0 spiro atoms. The molecule has 1 atom stereocenters. The van der Waals surface area contributed by atoms with E-state index in [9.17, 15) is 4.79 Å². The van der Waals surface area contributed by atoms with E-state index in [0.29, 0.717) is 0 Å². The number of benzene rings is 2. The van der Waals surface area contributed by atoms with Crippen molar-refractivity contribution in [3.63, 3.8) is 0 Å². The van der Waals surface area contributed by atoms with Crippen molar-refractivity contribution in [2.75, 3.05) is 13.1 Å². The highest BCUT2D eigenvalue weighted by molar-refractivity contribution is 8.00. The Bertz CT molecular complexity index is 585. The number of hydrogen-bond acceptors (Lipinski definition) is 2. The third-order valence-corrected chi connectivity index (χ3v) is 5.05. The summed E-state index contributed by atoms with van der Waals surface area (Å²) in [6, 6.07) is 20.3. The van der Waals surface area contributed by atoms with Crippen molar-refractivity contribution in [2.24, 2.45) is 0 Å². The van der Waals surface area contributed by atoms with Gasteiger partial charge in [0.25, 0.3) is 0 Å². The van der Waals surface area contributed by atoms with Gasteiger partial charge >= 0.3 is 0 Å².